The van der Waals surface area contributed by atoms with Gasteiger partial charge >= 0.3 is 6.61 Å². The molecule has 0 saturated carbocycles. The van der Waals surface area contributed by atoms with Crippen molar-refractivity contribution in [3.05, 3.63) is 58.2 Å². The van der Waals surface area contributed by atoms with Gasteiger partial charge in [-0.3, -0.25) is 9.89 Å². The second-order valence-corrected chi connectivity index (χ2v) is 6.31. The number of amides is 1. The predicted octanol–water partition coefficient (Wildman–Crippen LogP) is 5.25. The fraction of sp³-hybridized carbons (Fsp3) is 0.111. The van der Waals surface area contributed by atoms with Gasteiger partial charge in [0.1, 0.15) is 5.69 Å². The van der Waals surface area contributed by atoms with Crippen LogP contribution >= 0.6 is 23.2 Å². The van der Waals surface area contributed by atoms with Crippen molar-refractivity contribution in [2.45, 2.75) is 6.61 Å². The Morgan fingerprint density at radius 1 is 1.11 bits per heavy atom. The molecule has 0 fully saturated rings. The molecule has 1 heterocycles. The number of alkyl halides is 2. The molecule has 2 aromatic carbocycles. The number of anilines is 1. The first-order valence-electron chi connectivity index (χ1n) is 7.82. The number of hydrogen-bond donors (Lipinski definition) is 2. The zero-order valence-corrected chi connectivity index (χ0v) is 15.8. The molecule has 3 rings (SSSR count). The molecule has 0 aliphatic carbocycles. The molecule has 0 spiro atoms. The van der Waals surface area contributed by atoms with Crippen LogP contribution in [0.3, 0.4) is 0 Å². The molecule has 0 bridgehead atoms. The Labute approximate surface area is 168 Å². The Bertz CT molecular complexity index is 1010. The Morgan fingerprint density at radius 3 is 2.57 bits per heavy atom. The highest BCUT2D eigenvalue weighted by Crippen LogP contribution is 2.32. The maximum absolute atomic E-state index is 12.4. The third kappa shape index (κ3) is 4.52. The summed E-state index contributed by atoms with van der Waals surface area (Å²) in [7, 11) is 1.30. The number of aromatic nitrogens is 2. The summed E-state index contributed by atoms with van der Waals surface area (Å²) in [6, 6.07) is 10.6. The lowest BCUT2D eigenvalue weighted by Gasteiger charge is -2.11. The summed E-state index contributed by atoms with van der Waals surface area (Å²) >= 11 is 11.9. The molecule has 0 atom stereocenters. The van der Waals surface area contributed by atoms with Gasteiger partial charge in [-0.15, -0.1) is 0 Å². The number of rotatable bonds is 6. The Balaban J connectivity index is 1.76. The summed E-state index contributed by atoms with van der Waals surface area (Å²) in [5, 5.41) is 10.1. The summed E-state index contributed by atoms with van der Waals surface area (Å²) < 4.78 is 34.1. The SMILES string of the molecule is COc1cc(NC(=O)c2cc(-c3ccc(Cl)c(Cl)c3)n[nH]2)ccc1OC(F)F. The van der Waals surface area contributed by atoms with E-state index in [1.54, 1.807) is 24.3 Å². The monoisotopic (exact) mass is 427 g/mol. The van der Waals surface area contributed by atoms with Gasteiger partial charge in [0, 0.05) is 17.3 Å². The Hall–Kier alpha value is -2.84. The standard InChI is InChI=1S/C18H13Cl2F2N3O3/c1-27-16-7-10(3-5-15(16)28-18(21)22)23-17(26)14-8-13(24-25-14)9-2-4-11(19)12(20)6-9/h2-8,18H,1H3,(H,23,26)(H,24,25). The van der Waals surface area contributed by atoms with Gasteiger partial charge in [0.2, 0.25) is 0 Å². The molecule has 0 radical (unpaired) electrons. The molecule has 28 heavy (non-hydrogen) atoms. The molecule has 6 nitrogen and oxygen atoms in total. The molecule has 0 aliphatic rings. The minimum atomic E-state index is -2.99. The van der Waals surface area contributed by atoms with Gasteiger partial charge in [0.25, 0.3) is 5.91 Å². The Morgan fingerprint density at radius 2 is 1.89 bits per heavy atom. The highest BCUT2D eigenvalue weighted by atomic mass is 35.5. The van der Waals surface area contributed by atoms with Crippen LogP contribution in [0, 0.1) is 0 Å². The second kappa shape index (κ2) is 8.45. The molecule has 146 valence electrons. The fourth-order valence-electron chi connectivity index (χ4n) is 2.38. The van der Waals surface area contributed by atoms with Crippen molar-refractivity contribution in [3.8, 4) is 22.8 Å². The number of H-pyrrole nitrogens is 1. The van der Waals surface area contributed by atoms with Crippen molar-refractivity contribution in [3.63, 3.8) is 0 Å². The lowest BCUT2D eigenvalue weighted by atomic mass is 10.1. The zero-order chi connectivity index (χ0) is 20.3. The van der Waals surface area contributed by atoms with Gasteiger partial charge in [-0.25, -0.2) is 0 Å². The van der Waals surface area contributed by atoms with E-state index in [0.29, 0.717) is 27.0 Å². The lowest BCUT2D eigenvalue weighted by molar-refractivity contribution is -0.0512. The molecular weight excluding hydrogens is 415 g/mol. The smallest absolute Gasteiger partial charge is 0.387 e. The van der Waals surface area contributed by atoms with E-state index in [1.165, 1.54) is 25.3 Å². The van der Waals surface area contributed by atoms with Gasteiger partial charge in [-0.1, -0.05) is 29.3 Å². The van der Waals surface area contributed by atoms with Gasteiger partial charge in [0.05, 0.1) is 22.8 Å². The van der Waals surface area contributed by atoms with E-state index in [9.17, 15) is 13.6 Å². The van der Waals surface area contributed by atoms with Crippen LogP contribution in [0.5, 0.6) is 11.5 Å². The van der Waals surface area contributed by atoms with Gasteiger partial charge in [-0.2, -0.15) is 13.9 Å². The van der Waals surface area contributed by atoms with E-state index in [0.717, 1.165) is 0 Å². The molecule has 10 heteroatoms. The summed E-state index contributed by atoms with van der Waals surface area (Å²) in [4.78, 5) is 12.4. The second-order valence-electron chi connectivity index (χ2n) is 5.49. The average Bonchev–Trinajstić information content (AvgIpc) is 3.15. The first-order chi connectivity index (χ1) is 13.4. The van der Waals surface area contributed by atoms with Crippen LogP contribution in [0.25, 0.3) is 11.3 Å². The van der Waals surface area contributed by atoms with Crippen molar-refractivity contribution >= 4 is 34.8 Å². The van der Waals surface area contributed by atoms with Crippen molar-refractivity contribution < 1.29 is 23.0 Å². The van der Waals surface area contributed by atoms with Gasteiger partial charge in [-0.05, 0) is 30.3 Å². The number of carbonyl (C=O) groups is 1. The van der Waals surface area contributed by atoms with Crippen LogP contribution in [0.2, 0.25) is 10.0 Å². The molecule has 2 N–H and O–H groups in total. The maximum atomic E-state index is 12.4. The Kier molecular flexibility index (Phi) is 6.01. The third-order valence-corrected chi connectivity index (χ3v) is 4.41. The number of carbonyl (C=O) groups excluding carboxylic acids is 1. The van der Waals surface area contributed by atoms with Crippen molar-refractivity contribution in [2.75, 3.05) is 12.4 Å². The quantitative estimate of drug-likeness (QED) is 0.563. The molecule has 3 aromatic rings. The number of aromatic amines is 1. The number of benzene rings is 2. The van der Waals surface area contributed by atoms with Crippen molar-refractivity contribution in [2.24, 2.45) is 0 Å². The number of hydrogen-bond acceptors (Lipinski definition) is 4. The number of nitrogens with zero attached hydrogens (tertiary/aromatic N) is 1. The molecule has 0 aliphatic heterocycles. The number of methoxy groups -OCH3 is 1. The highest BCUT2D eigenvalue weighted by Gasteiger charge is 2.15. The largest absolute Gasteiger partial charge is 0.493 e. The third-order valence-electron chi connectivity index (χ3n) is 3.68. The fourth-order valence-corrected chi connectivity index (χ4v) is 2.68. The molecule has 1 amide bonds. The topological polar surface area (TPSA) is 76.2 Å². The summed E-state index contributed by atoms with van der Waals surface area (Å²) in [6.07, 6.45) is 0. The van der Waals surface area contributed by atoms with Crippen LogP contribution in [0.4, 0.5) is 14.5 Å². The van der Waals surface area contributed by atoms with Crippen LogP contribution in [-0.4, -0.2) is 29.8 Å². The van der Waals surface area contributed by atoms with Gasteiger partial charge in [0.15, 0.2) is 11.5 Å². The number of halogens is 4. The van der Waals surface area contributed by atoms with Crippen LogP contribution in [0.1, 0.15) is 10.5 Å². The minimum absolute atomic E-state index is 0.0548. The maximum Gasteiger partial charge on any atom is 0.387 e. The van der Waals surface area contributed by atoms with E-state index >= 15 is 0 Å². The van der Waals surface area contributed by atoms with E-state index in [1.807, 2.05) is 0 Å². The van der Waals surface area contributed by atoms with Gasteiger partial charge < -0.3 is 14.8 Å². The average molecular weight is 428 g/mol. The molecule has 1 aromatic heterocycles. The summed E-state index contributed by atoms with van der Waals surface area (Å²) in [5.41, 5.74) is 1.70. The van der Waals surface area contributed by atoms with Crippen molar-refractivity contribution in [1.82, 2.24) is 10.2 Å². The lowest BCUT2D eigenvalue weighted by Crippen LogP contribution is -2.12. The van der Waals surface area contributed by atoms with Crippen molar-refractivity contribution in [1.29, 1.82) is 0 Å². The van der Waals surface area contributed by atoms with E-state index in [4.69, 9.17) is 27.9 Å². The van der Waals surface area contributed by atoms with E-state index < -0.39 is 12.5 Å². The zero-order valence-electron chi connectivity index (χ0n) is 14.3. The molecule has 0 saturated heterocycles. The molecule has 0 unspecified atom stereocenters. The predicted molar refractivity (Wildman–Crippen MR) is 102 cm³/mol. The van der Waals surface area contributed by atoms with E-state index in [2.05, 4.69) is 20.3 Å². The van der Waals surface area contributed by atoms with Crippen LogP contribution in [-0.2, 0) is 0 Å². The minimum Gasteiger partial charge on any atom is -0.493 e. The first-order valence-corrected chi connectivity index (χ1v) is 8.58. The number of ether oxygens (including phenoxy) is 2. The highest BCUT2D eigenvalue weighted by molar-refractivity contribution is 6.42. The van der Waals surface area contributed by atoms with E-state index in [-0.39, 0.29) is 17.2 Å². The van der Waals surface area contributed by atoms with Crippen LogP contribution < -0.4 is 14.8 Å². The first kappa shape index (κ1) is 19.9. The summed E-state index contributed by atoms with van der Waals surface area (Å²) in [5.74, 6) is -0.568. The van der Waals surface area contributed by atoms with Crippen LogP contribution in [0.15, 0.2) is 42.5 Å². The normalized spacial score (nSPS) is 10.8. The number of nitrogens with one attached hydrogen (secondary N) is 2. The summed E-state index contributed by atoms with van der Waals surface area (Å²) in [6.45, 7) is -2.99. The molecular formula is C18H13Cl2F2N3O3.